The van der Waals surface area contributed by atoms with Crippen LogP contribution in [0.3, 0.4) is 0 Å². The average molecular weight is 244 g/mol. The summed E-state index contributed by atoms with van der Waals surface area (Å²) in [6.45, 7) is 2.26. The molecule has 0 unspecified atom stereocenters. The van der Waals surface area contributed by atoms with Gasteiger partial charge < -0.3 is 0 Å². The Morgan fingerprint density at radius 3 is 2.56 bits per heavy atom. The van der Waals surface area contributed by atoms with Crippen LogP contribution in [0.5, 0.6) is 0 Å². The minimum absolute atomic E-state index is 0.926. The quantitative estimate of drug-likeness (QED) is 0.562. The van der Waals surface area contributed by atoms with Crippen molar-refractivity contribution in [3.63, 3.8) is 0 Å². The Morgan fingerprint density at radius 2 is 1.72 bits per heavy atom. The Hall–Kier alpha value is -1.38. The molecule has 1 aromatic carbocycles. The van der Waals surface area contributed by atoms with Crippen molar-refractivity contribution in [2.24, 2.45) is 10.3 Å². The lowest BCUT2D eigenvalue weighted by atomic mass is 10.0. The fraction of sp³-hybridized carbons (Fsp3) is 0.600. The summed E-state index contributed by atoms with van der Waals surface area (Å²) in [4.78, 5) is 0. The van der Waals surface area contributed by atoms with Gasteiger partial charge in [0.15, 0.2) is 0 Å². The number of benzene rings is 1. The lowest BCUT2D eigenvalue weighted by Crippen LogP contribution is -1.88. The molecule has 0 aromatic heterocycles. The predicted octanol–water partition coefficient (Wildman–Crippen LogP) is 5.23. The topological polar surface area (TPSA) is 38.8 Å². The number of hydrogen-bond donors (Lipinski definition) is 0. The van der Waals surface area contributed by atoms with Crippen molar-refractivity contribution < 1.29 is 0 Å². The van der Waals surface area contributed by atoms with Gasteiger partial charge in [0.2, 0.25) is 0 Å². The maximum absolute atomic E-state index is 4.10. The first kappa shape index (κ1) is 13.1. The molecule has 97 valence electrons. The molecule has 0 amide bonds. The van der Waals surface area contributed by atoms with E-state index in [4.69, 9.17) is 0 Å². The molecule has 1 aromatic rings. The molecule has 3 heteroatoms. The van der Waals surface area contributed by atoms with E-state index in [0.29, 0.717) is 0 Å². The molecular weight excluding hydrogens is 222 g/mol. The summed E-state index contributed by atoms with van der Waals surface area (Å²) in [5.74, 6) is 0. The van der Waals surface area contributed by atoms with Crippen LogP contribution in [0.15, 0.2) is 28.5 Å². The third kappa shape index (κ3) is 3.56. The van der Waals surface area contributed by atoms with Crippen LogP contribution in [-0.2, 0) is 6.42 Å². The van der Waals surface area contributed by atoms with Gasteiger partial charge in [0, 0.05) is 0 Å². The van der Waals surface area contributed by atoms with Gasteiger partial charge in [0.25, 0.3) is 0 Å². The minimum Gasteiger partial charge on any atom is -0.128 e. The van der Waals surface area contributed by atoms with Gasteiger partial charge in [-0.1, -0.05) is 57.6 Å². The molecule has 2 rings (SSSR count). The SMILES string of the molecule is CCCCCCCCCc1cccc2c1N=N[N]2. The highest BCUT2D eigenvalue weighted by Crippen LogP contribution is 2.34. The van der Waals surface area contributed by atoms with Crippen molar-refractivity contribution in [3.05, 3.63) is 23.8 Å². The summed E-state index contributed by atoms with van der Waals surface area (Å²) in [7, 11) is 0. The van der Waals surface area contributed by atoms with Gasteiger partial charge in [-0.25, -0.2) is 0 Å². The Bertz CT molecular complexity index is 399. The maximum Gasteiger partial charge on any atom is 0.118 e. The highest BCUT2D eigenvalue weighted by atomic mass is 15.5. The van der Waals surface area contributed by atoms with Crippen molar-refractivity contribution in [1.29, 1.82) is 0 Å². The second kappa shape index (κ2) is 7.14. The zero-order chi connectivity index (χ0) is 12.6. The van der Waals surface area contributed by atoms with Gasteiger partial charge in [0.1, 0.15) is 11.4 Å². The first-order valence-electron chi connectivity index (χ1n) is 7.15. The van der Waals surface area contributed by atoms with Gasteiger partial charge in [-0.3, -0.25) is 0 Å². The van der Waals surface area contributed by atoms with Crippen LogP contribution >= 0.6 is 0 Å². The van der Waals surface area contributed by atoms with E-state index in [9.17, 15) is 0 Å². The van der Waals surface area contributed by atoms with E-state index in [0.717, 1.165) is 17.8 Å². The van der Waals surface area contributed by atoms with Crippen molar-refractivity contribution in [3.8, 4) is 0 Å². The average Bonchev–Trinajstić information content (AvgIpc) is 2.86. The molecule has 18 heavy (non-hydrogen) atoms. The van der Waals surface area contributed by atoms with Crippen LogP contribution in [0.25, 0.3) is 0 Å². The first-order chi connectivity index (χ1) is 8.92. The van der Waals surface area contributed by atoms with Gasteiger partial charge in [-0.2, -0.15) is 0 Å². The second-order valence-electron chi connectivity index (χ2n) is 4.95. The van der Waals surface area contributed by atoms with E-state index in [1.165, 1.54) is 50.5 Å². The first-order valence-corrected chi connectivity index (χ1v) is 7.15. The molecule has 1 aliphatic heterocycles. The van der Waals surface area contributed by atoms with Crippen LogP contribution < -0.4 is 5.43 Å². The molecule has 0 saturated carbocycles. The number of aryl methyl sites for hydroxylation is 1. The molecule has 0 atom stereocenters. The summed E-state index contributed by atoms with van der Waals surface area (Å²) < 4.78 is 0. The fourth-order valence-corrected chi connectivity index (χ4v) is 2.36. The molecular formula is C15H22N3. The monoisotopic (exact) mass is 244 g/mol. The third-order valence-electron chi connectivity index (χ3n) is 3.45. The van der Waals surface area contributed by atoms with E-state index in [1.54, 1.807) is 0 Å². The van der Waals surface area contributed by atoms with Gasteiger partial charge in [-0.15, -0.1) is 10.5 Å². The zero-order valence-corrected chi connectivity index (χ0v) is 11.2. The Balaban J connectivity index is 1.68. The zero-order valence-electron chi connectivity index (χ0n) is 11.2. The third-order valence-corrected chi connectivity index (χ3v) is 3.45. The van der Waals surface area contributed by atoms with Gasteiger partial charge >= 0.3 is 0 Å². The second-order valence-corrected chi connectivity index (χ2v) is 4.95. The lowest BCUT2D eigenvalue weighted by molar-refractivity contribution is 0.589. The Labute approximate surface area is 110 Å². The largest absolute Gasteiger partial charge is 0.128 e. The van der Waals surface area contributed by atoms with Gasteiger partial charge in [0.05, 0.1) is 0 Å². The van der Waals surface area contributed by atoms with Crippen molar-refractivity contribution in [2.75, 3.05) is 0 Å². The number of fused-ring (bicyclic) bond motifs is 1. The van der Waals surface area contributed by atoms with E-state index in [-0.39, 0.29) is 0 Å². The van der Waals surface area contributed by atoms with Crippen LogP contribution in [0, 0.1) is 0 Å². The van der Waals surface area contributed by atoms with Crippen LogP contribution in [0.1, 0.15) is 57.4 Å². The summed E-state index contributed by atoms with van der Waals surface area (Å²) in [6, 6.07) is 6.18. The Kier molecular flexibility index (Phi) is 5.18. The standard InChI is InChI=1S/C15H22N3/c1-2-3-4-5-6-7-8-10-13-11-9-12-14-15(13)17-18-16-14/h9,11-12H,2-8,10H2,1H3. The molecule has 0 fully saturated rings. The van der Waals surface area contributed by atoms with Crippen LogP contribution in [0.4, 0.5) is 11.4 Å². The molecule has 1 heterocycles. The van der Waals surface area contributed by atoms with E-state index >= 15 is 0 Å². The number of hydrogen-bond acceptors (Lipinski definition) is 2. The molecule has 0 N–H and O–H groups in total. The Morgan fingerprint density at radius 1 is 0.944 bits per heavy atom. The predicted molar refractivity (Wildman–Crippen MR) is 74.4 cm³/mol. The normalized spacial score (nSPS) is 12.5. The van der Waals surface area contributed by atoms with Crippen molar-refractivity contribution in [1.82, 2.24) is 5.43 Å². The summed E-state index contributed by atoms with van der Waals surface area (Å²) >= 11 is 0. The smallest absolute Gasteiger partial charge is 0.118 e. The van der Waals surface area contributed by atoms with Crippen molar-refractivity contribution in [2.45, 2.75) is 58.3 Å². The molecule has 0 spiro atoms. The maximum atomic E-state index is 4.10. The van der Waals surface area contributed by atoms with Crippen LogP contribution in [0.2, 0.25) is 0 Å². The van der Waals surface area contributed by atoms with E-state index in [1.807, 2.05) is 6.07 Å². The van der Waals surface area contributed by atoms with E-state index < -0.39 is 0 Å². The van der Waals surface area contributed by atoms with Gasteiger partial charge in [-0.05, 0) is 29.7 Å². The summed E-state index contributed by atoms with van der Waals surface area (Å²) in [6.07, 6.45) is 10.5. The fourth-order valence-electron chi connectivity index (χ4n) is 2.36. The summed E-state index contributed by atoms with van der Waals surface area (Å²) in [5.41, 5.74) is 7.21. The molecule has 0 saturated heterocycles. The molecule has 3 nitrogen and oxygen atoms in total. The van der Waals surface area contributed by atoms with Crippen LogP contribution in [-0.4, -0.2) is 0 Å². The number of nitrogens with zero attached hydrogens (tertiary/aromatic N) is 3. The molecule has 0 bridgehead atoms. The highest BCUT2D eigenvalue weighted by Gasteiger charge is 2.12. The number of rotatable bonds is 8. The number of unbranched alkanes of at least 4 members (excludes halogenated alkanes) is 6. The molecule has 0 aliphatic carbocycles. The highest BCUT2D eigenvalue weighted by molar-refractivity contribution is 5.66. The minimum atomic E-state index is 0.926. The lowest BCUT2D eigenvalue weighted by Gasteiger charge is -2.04. The molecule has 1 aliphatic rings. The van der Waals surface area contributed by atoms with Crippen molar-refractivity contribution >= 4 is 11.4 Å². The van der Waals surface area contributed by atoms with E-state index in [2.05, 4.69) is 34.8 Å². The summed E-state index contributed by atoms with van der Waals surface area (Å²) in [5, 5.41) is 7.84. The molecule has 1 radical (unpaired) electrons.